The Balaban J connectivity index is 2.37. The zero-order valence-corrected chi connectivity index (χ0v) is 10.2. The Morgan fingerprint density at radius 2 is 2.06 bits per heavy atom. The number of nitrogens with zero attached hydrogens (tertiary/aromatic N) is 1. The summed E-state index contributed by atoms with van der Waals surface area (Å²) in [4.78, 5) is 4.13. The molecule has 0 atom stereocenters. The van der Waals surface area contributed by atoms with Crippen LogP contribution in [0.2, 0.25) is 0 Å². The first-order chi connectivity index (χ1) is 8.72. The molecule has 3 N–H and O–H groups in total. The van der Waals surface area contributed by atoms with Crippen LogP contribution in [-0.2, 0) is 6.42 Å². The van der Waals surface area contributed by atoms with E-state index in [1.165, 1.54) is 0 Å². The molecule has 4 heteroatoms. The number of nitrogen functional groups attached to an aromatic ring is 1. The second-order valence-corrected chi connectivity index (χ2v) is 3.83. The highest BCUT2D eigenvalue weighted by molar-refractivity contribution is 5.97. The van der Waals surface area contributed by atoms with Crippen LogP contribution in [0.5, 0.6) is 11.6 Å². The lowest BCUT2D eigenvalue weighted by molar-refractivity contribution is 0.456. The molecule has 1 aromatic heterocycles. The molecule has 0 amide bonds. The summed E-state index contributed by atoms with van der Waals surface area (Å²) in [7, 11) is 0. The molecular weight excluding hydrogens is 226 g/mol. The zero-order valence-electron chi connectivity index (χ0n) is 10.2. The Kier molecular flexibility index (Phi) is 3.57. The monoisotopic (exact) mass is 241 g/mol. The Morgan fingerprint density at radius 1 is 1.28 bits per heavy atom. The van der Waals surface area contributed by atoms with Gasteiger partial charge in [-0.25, -0.2) is 4.98 Å². The SMILES string of the molecule is CCc1ccccc1Oc1ncccc1C(=N)N. The van der Waals surface area contributed by atoms with E-state index in [0.29, 0.717) is 11.4 Å². The molecule has 4 nitrogen and oxygen atoms in total. The maximum Gasteiger partial charge on any atom is 0.230 e. The van der Waals surface area contributed by atoms with E-state index in [9.17, 15) is 0 Å². The molecule has 0 fully saturated rings. The first-order valence-electron chi connectivity index (χ1n) is 5.77. The van der Waals surface area contributed by atoms with Crippen molar-refractivity contribution in [2.24, 2.45) is 5.73 Å². The molecular formula is C14H15N3O. The molecule has 0 aliphatic heterocycles. The van der Waals surface area contributed by atoms with Gasteiger partial charge in [0.15, 0.2) is 0 Å². The van der Waals surface area contributed by atoms with Gasteiger partial charge in [0.05, 0.1) is 5.56 Å². The summed E-state index contributed by atoms with van der Waals surface area (Å²) >= 11 is 0. The van der Waals surface area contributed by atoms with Crippen molar-refractivity contribution in [3.05, 3.63) is 53.7 Å². The number of amidine groups is 1. The van der Waals surface area contributed by atoms with Crippen molar-refractivity contribution < 1.29 is 4.74 Å². The number of ether oxygens (including phenoxy) is 1. The number of aromatic nitrogens is 1. The van der Waals surface area contributed by atoms with Crippen LogP contribution in [-0.4, -0.2) is 10.8 Å². The number of para-hydroxylation sites is 1. The summed E-state index contributed by atoms with van der Waals surface area (Å²) in [6.07, 6.45) is 2.49. The Morgan fingerprint density at radius 3 is 2.78 bits per heavy atom. The van der Waals surface area contributed by atoms with Crippen molar-refractivity contribution in [3.8, 4) is 11.6 Å². The summed E-state index contributed by atoms with van der Waals surface area (Å²) < 4.78 is 5.76. The molecule has 18 heavy (non-hydrogen) atoms. The molecule has 2 rings (SSSR count). The van der Waals surface area contributed by atoms with Crippen LogP contribution in [0, 0.1) is 5.41 Å². The van der Waals surface area contributed by atoms with Crippen molar-refractivity contribution in [1.82, 2.24) is 4.98 Å². The Hall–Kier alpha value is -2.36. The van der Waals surface area contributed by atoms with E-state index in [4.69, 9.17) is 15.9 Å². The lowest BCUT2D eigenvalue weighted by atomic mass is 10.1. The first-order valence-corrected chi connectivity index (χ1v) is 5.77. The molecule has 92 valence electrons. The predicted octanol–water partition coefficient (Wildman–Crippen LogP) is 2.72. The van der Waals surface area contributed by atoms with Crippen LogP contribution in [0.4, 0.5) is 0 Å². The van der Waals surface area contributed by atoms with Gasteiger partial charge in [-0.15, -0.1) is 0 Å². The van der Waals surface area contributed by atoms with Crippen molar-refractivity contribution >= 4 is 5.84 Å². The van der Waals surface area contributed by atoms with Crippen molar-refractivity contribution in [1.29, 1.82) is 5.41 Å². The van der Waals surface area contributed by atoms with Crippen LogP contribution in [0.25, 0.3) is 0 Å². The second-order valence-electron chi connectivity index (χ2n) is 3.83. The lowest BCUT2D eigenvalue weighted by Crippen LogP contribution is -2.13. The van der Waals surface area contributed by atoms with E-state index >= 15 is 0 Å². The third-order valence-electron chi connectivity index (χ3n) is 2.62. The highest BCUT2D eigenvalue weighted by Gasteiger charge is 2.10. The van der Waals surface area contributed by atoms with Gasteiger partial charge in [-0.1, -0.05) is 25.1 Å². The van der Waals surface area contributed by atoms with Crippen molar-refractivity contribution in [2.45, 2.75) is 13.3 Å². The van der Waals surface area contributed by atoms with E-state index in [2.05, 4.69) is 11.9 Å². The fourth-order valence-electron chi connectivity index (χ4n) is 1.68. The van der Waals surface area contributed by atoms with E-state index in [-0.39, 0.29) is 5.84 Å². The molecule has 0 unspecified atom stereocenters. The maximum absolute atomic E-state index is 7.50. The summed E-state index contributed by atoms with van der Waals surface area (Å²) in [5.41, 5.74) is 7.10. The van der Waals surface area contributed by atoms with Crippen LogP contribution < -0.4 is 10.5 Å². The fourth-order valence-corrected chi connectivity index (χ4v) is 1.68. The van der Waals surface area contributed by atoms with E-state index in [0.717, 1.165) is 17.7 Å². The lowest BCUT2D eigenvalue weighted by Gasteiger charge is -2.11. The predicted molar refractivity (Wildman–Crippen MR) is 71.1 cm³/mol. The van der Waals surface area contributed by atoms with E-state index in [1.54, 1.807) is 18.3 Å². The molecule has 0 bridgehead atoms. The largest absolute Gasteiger partial charge is 0.438 e. The van der Waals surface area contributed by atoms with E-state index in [1.807, 2.05) is 24.3 Å². The summed E-state index contributed by atoms with van der Waals surface area (Å²) in [5.74, 6) is 1.07. The average molecular weight is 241 g/mol. The molecule has 0 aliphatic carbocycles. The number of hydrogen-bond acceptors (Lipinski definition) is 3. The van der Waals surface area contributed by atoms with Gasteiger partial charge < -0.3 is 10.5 Å². The number of nitrogens with one attached hydrogen (secondary N) is 1. The first kappa shape index (κ1) is 12.1. The second kappa shape index (κ2) is 5.31. The number of rotatable bonds is 4. The number of nitrogens with two attached hydrogens (primary N) is 1. The van der Waals surface area contributed by atoms with Gasteiger partial charge in [0.2, 0.25) is 5.88 Å². The molecule has 1 aromatic carbocycles. The molecule has 0 aliphatic rings. The third-order valence-corrected chi connectivity index (χ3v) is 2.62. The topological polar surface area (TPSA) is 72.0 Å². The van der Waals surface area contributed by atoms with Gasteiger partial charge in [0, 0.05) is 6.20 Å². The Bertz CT molecular complexity index is 566. The third kappa shape index (κ3) is 2.48. The van der Waals surface area contributed by atoms with Gasteiger partial charge in [0.25, 0.3) is 0 Å². The summed E-state index contributed by atoms with van der Waals surface area (Å²) in [5, 5.41) is 7.50. The van der Waals surface area contributed by atoms with Crippen LogP contribution >= 0.6 is 0 Å². The van der Waals surface area contributed by atoms with E-state index < -0.39 is 0 Å². The Labute approximate surface area is 106 Å². The average Bonchev–Trinajstić information content (AvgIpc) is 2.40. The summed E-state index contributed by atoms with van der Waals surface area (Å²) in [6.45, 7) is 2.06. The highest BCUT2D eigenvalue weighted by Crippen LogP contribution is 2.26. The number of aryl methyl sites for hydroxylation is 1. The summed E-state index contributed by atoms with van der Waals surface area (Å²) in [6, 6.07) is 11.2. The molecule has 0 spiro atoms. The highest BCUT2D eigenvalue weighted by atomic mass is 16.5. The van der Waals surface area contributed by atoms with Gasteiger partial charge in [-0.3, -0.25) is 5.41 Å². The van der Waals surface area contributed by atoms with Crippen LogP contribution in [0.3, 0.4) is 0 Å². The molecule has 2 aromatic rings. The minimum Gasteiger partial charge on any atom is -0.438 e. The van der Waals surface area contributed by atoms with Gasteiger partial charge in [-0.05, 0) is 30.2 Å². The minimum absolute atomic E-state index is 0.0490. The quantitative estimate of drug-likeness (QED) is 0.638. The van der Waals surface area contributed by atoms with Gasteiger partial charge >= 0.3 is 0 Å². The molecule has 0 saturated heterocycles. The maximum atomic E-state index is 7.50. The molecule has 0 saturated carbocycles. The van der Waals surface area contributed by atoms with Gasteiger partial charge in [0.1, 0.15) is 11.6 Å². The number of pyridine rings is 1. The van der Waals surface area contributed by atoms with Gasteiger partial charge in [-0.2, -0.15) is 0 Å². The standard InChI is InChI=1S/C14H15N3O/c1-2-10-6-3-4-8-12(10)18-14-11(13(15)16)7-5-9-17-14/h3-9H,2H2,1H3,(H3,15,16). The smallest absolute Gasteiger partial charge is 0.230 e. The van der Waals surface area contributed by atoms with Crippen molar-refractivity contribution in [2.75, 3.05) is 0 Å². The number of benzene rings is 1. The van der Waals surface area contributed by atoms with Crippen molar-refractivity contribution in [3.63, 3.8) is 0 Å². The molecule has 0 radical (unpaired) electrons. The normalized spacial score (nSPS) is 10.1. The molecule has 1 heterocycles. The minimum atomic E-state index is -0.0490. The van der Waals surface area contributed by atoms with Crippen LogP contribution in [0.15, 0.2) is 42.6 Å². The van der Waals surface area contributed by atoms with Crippen LogP contribution in [0.1, 0.15) is 18.1 Å². The zero-order chi connectivity index (χ0) is 13.0. The fraction of sp³-hybridized carbons (Fsp3) is 0.143. The number of hydrogen-bond donors (Lipinski definition) is 2.